The zero-order valence-corrected chi connectivity index (χ0v) is 11.0. The summed E-state index contributed by atoms with van der Waals surface area (Å²) < 4.78 is 1.55. The van der Waals surface area contributed by atoms with Crippen LogP contribution in [-0.2, 0) is 0 Å². The number of rotatable bonds is 3. The minimum Gasteiger partial charge on any atom is -0.478 e. The van der Waals surface area contributed by atoms with E-state index in [1.807, 2.05) is 30.3 Å². The number of aromatic carboxylic acids is 1. The summed E-state index contributed by atoms with van der Waals surface area (Å²) in [4.78, 5) is 11.4. The number of aromatic nitrogens is 2. The maximum Gasteiger partial charge on any atom is 0.339 e. The van der Waals surface area contributed by atoms with Crippen LogP contribution in [0.1, 0.15) is 16.1 Å². The summed E-state index contributed by atoms with van der Waals surface area (Å²) in [6, 6.07) is 9.36. The van der Waals surface area contributed by atoms with Gasteiger partial charge in [-0.3, -0.25) is 5.43 Å². The fourth-order valence-electron chi connectivity index (χ4n) is 1.98. The topological polar surface area (TPSA) is 79.5 Å². The second-order valence-electron chi connectivity index (χ2n) is 4.35. The molecule has 104 valence electrons. The fraction of sp³-hybridized carbons (Fsp3) is 0. The predicted octanol–water partition coefficient (Wildman–Crippen LogP) is 2.06. The molecular formula is C15H12N4O2. The van der Waals surface area contributed by atoms with E-state index in [-0.39, 0.29) is 5.56 Å². The lowest BCUT2D eigenvalue weighted by atomic mass is 10.1. The lowest BCUT2D eigenvalue weighted by Crippen LogP contribution is -2.01. The van der Waals surface area contributed by atoms with Gasteiger partial charge >= 0.3 is 5.97 Å². The molecule has 0 fully saturated rings. The first-order chi connectivity index (χ1) is 10.3. The molecule has 0 unspecified atom stereocenters. The molecule has 0 spiro atoms. The highest BCUT2D eigenvalue weighted by atomic mass is 16.4. The molecule has 0 saturated carbocycles. The highest BCUT2D eigenvalue weighted by Crippen LogP contribution is 2.19. The number of carboxylic acid groups (broad SMARTS) is 1. The number of carboxylic acids is 1. The van der Waals surface area contributed by atoms with Crippen molar-refractivity contribution in [1.82, 2.24) is 15.2 Å². The van der Waals surface area contributed by atoms with Gasteiger partial charge in [0.05, 0.1) is 11.9 Å². The molecule has 21 heavy (non-hydrogen) atoms. The summed E-state index contributed by atoms with van der Waals surface area (Å²) in [5.41, 5.74) is 4.62. The monoisotopic (exact) mass is 280 g/mol. The van der Waals surface area contributed by atoms with Crippen molar-refractivity contribution < 1.29 is 9.90 Å². The molecule has 2 N–H and O–H groups in total. The van der Waals surface area contributed by atoms with Crippen LogP contribution in [0.5, 0.6) is 0 Å². The predicted molar refractivity (Wildman–Crippen MR) is 79.3 cm³/mol. The molecule has 0 amide bonds. The summed E-state index contributed by atoms with van der Waals surface area (Å²) in [5, 5.41) is 17.7. The Balaban J connectivity index is 2.12. The van der Waals surface area contributed by atoms with Crippen molar-refractivity contribution in [2.45, 2.75) is 0 Å². The second kappa shape index (κ2) is 5.46. The number of hydrogen-bond donors (Lipinski definition) is 2. The molecule has 0 bridgehead atoms. The first-order valence-corrected chi connectivity index (χ1v) is 6.30. The van der Waals surface area contributed by atoms with Crippen LogP contribution in [0.3, 0.4) is 0 Å². The number of carbonyl (C=O) groups is 1. The molecule has 1 aliphatic heterocycles. The Hall–Kier alpha value is -3.15. The Morgan fingerprint density at radius 3 is 2.81 bits per heavy atom. The van der Waals surface area contributed by atoms with Crippen LogP contribution in [0.4, 0.5) is 0 Å². The molecule has 6 heteroatoms. The zero-order chi connectivity index (χ0) is 14.7. The van der Waals surface area contributed by atoms with Crippen LogP contribution in [-0.4, -0.2) is 27.1 Å². The van der Waals surface area contributed by atoms with Gasteiger partial charge in [0.25, 0.3) is 0 Å². The Kier molecular flexibility index (Phi) is 3.34. The molecule has 1 aromatic heterocycles. The number of hydrazone groups is 1. The third-order valence-electron chi connectivity index (χ3n) is 2.96. The van der Waals surface area contributed by atoms with Gasteiger partial charge in [-0.2, -0.15) is 10.2 Å². The van der Waals surface area contributed by atoms with Gasteiger partial charge in [-0.15, -0.1) is 0 Å². The highest BCUT2D eigenvalue weighted by Gasteiger charge is 2.18. The zero-order valence-electron chi connectivity index (χ0n) is 11.0. The van der Waals surface area contributed by atoms with Crippen LogP contribution in [0, 0.1) is 0 Å². The van der Waals surface area contributed by atoms with Crippen molar-refractivity contribution in [2.24, 2.45) is 5.10 Å². The van der Waals surface area contributed by atoms with E-state index in [0.717, 1.165) is 5.69 Å². The van der Waals surface area contributed by atoms with Gasteiger partial charge in [0.15, 0.2) is 0 Å². The molecule has 1 aliphatic rings. The first kappa shape index (κ1) is 12.9. The summed E-state index contributed by atoms with van der Waals surface area (Å²) in [6.07, 6.45) is 8.20. The van der Waals surface area contributed by atoms with Crippen molar-refractivity contribution in [3.8, 4) is 5.69 Å². The van der Waals surface area contributed by atoms with E-state index in [4.69, 9.17) is 0 Å². The van der Waals surface area contributed by atoms with Crippen molar-refractivity contribution in [2.75, 3.05) is 0 Å². The van der Waals surface area contributed by atoms with Crippen molar-refractivity contribution >= 4 is 17.8 Å². The normalized spacial score (nSPS) is 13.4. The van der Waals surface area contributed by atoms with E-state index in [1.54, 1.807) is 29.2 Å². The first-order valence-electron chi connectivity index (χ1n) is 6.30. The number of allylic oxidation sites excluding steroid dienone is 3. The second-order valence-corrected chi connectivity index (χ2v) is 4.35. The van der Waals surface area contributed by atoms with E-state index in [2.05, 4.69) is 15.6 Å². The minimum absolute atomic E-state index is 0.131. The minimum atomic E-state index is -1.03. The lowest BCUT2D eigenvalue weighted by molar-refractivity contribution is 0.0696. The van der Waals surface area contributed by atoms with E-state index in [0.29, 0.717) is 11.3 Å². The van der Waals surface area contributed by atoms with Gasteiger partial charge < -0.3 is 5.11 Å². The maximum atomic E-state index is 11.4. The third kappa shape index (κ3) is 2.59. The molecule has 2 aromatic rings. The van der Waals surface area contributed by atoms with Gasteiger partial charge in [-0.1, -0.05) is 18.2 Å². The van der Waals surface area contributed by atoms with E-state index in [1.165, 1.54) is 6.20 Å². The number of hydrogen-bond acceptors (Lipinski definition) is 4. The average molecular weight is 280 g/mol. The highest BCUT2D eigenvalue weighted by molar-refractivity contribution is 6.12. The summed E-state index contributed by atoms with van der Waals surface area (Å²) in [5.74, 6) is -1.03. The SMILES string of the molecule is O=C(O)c1cn(-c2ccccc2)nc1C1=CC=CNN=C1. The van der Waals surface area contributed by atoms with Crippen molar-refractivity contribution in [3.05, 3.63) is 66.1 Å². The van der Waals surface area contributed by atoms with Gasteiger partial charge in [0.2, 0.25) is 0 Å². The van der Waals surface area contributed by atoms with Crippen LogP contribution in [0.2, 0.25) is 0 Å². The molecule has 2 heterocycles. The maximum absolute atomic E-state index is 11.4. The van der Waals surface area contributed by atoms with Crippen molar-refractivity contribution in [1.29, 1.82) is 0 Å². The molecule has 1 aromatic carbocycles. The van der Waals surface area contributed by atoms with Crippen LogP contribution in [0.25, 0.3) is 11.3 Å². The van der Waals surface area contributed by atoms with Gasteiger partial charge in [-0.25, -0.2) is 9.48 Å². The molecule has 0 atom stereocenters. The number of benzene rings is 1. The molecule has 3 rings (SSSR count). The van der Waals surface area contributed by atoms with Gasteiger partial charge in [0.1, 0.15) is 11.3 Å². The van der Waals surface area contributed by atoms with Gasteiger partial charge in [-0.05, 0) is 24.3 Å². The van der Waals surface area contributed by atoms with E-state index >= 15 is 0 Å². The number of nitrogens with zero attached hydrogens (tertiary/aromatic N) is 3. The quantitative estimate of drug-likeness (QED) is 0.902. The van der Waals surface area contributed by atoms with Crippen LogP contribution in [0.15, 0.2) is 60.0 Å². The molecular weight excluding hydrogens is 268 g/mol. The number of para-hydroxylation sites is 1. The van der Waals surface area contributed by atoms with Crippen LogP contribution < -0.4 is 5.43 Å². The summed E-state index contributed by atoms with van der Waals surface area (Å²) >= 11 is 0. The van der Waals surface area contributed by atoms with Crippen LogP contribution >= 0.6 is 0 Å². The fourth-order valence-corrected chi connectivity index (χ4v) is 1.98. The lowest BCUT2D eigenvalue weighted by Gasteiger charge is -1.99. The summed E-state index contributed by atoms with van der Waals surface area (Å²) in [7, 11) is 0. The van der Waals surface area contributed by atoms with E-state index < -0.39 is 5.97 Å². The summed E-state index contributed by atoms with van der Waals surface area (Å²) in [6.45, 7) is 0. The Bertz CT molecular complexity index is 757. The Morgan fingerprint density at radius 2 is 2.05 bits per heavy atom. The third-order valence-corrected chi connectivity index (χ3v) is 2.96. The molecule has 0 radical (unpaired) electrons. The Morgan fingerprint density at radius 1 is 1.24 bits per heavy atom. The molecule has 0 saturated heterocycles. The van der Waals surface area contributed by atoms with Gasteiger partial charge in [0, 0.05) is 18.0 Å². The van der Waals surface area contributed by atoms with Crippen molar-refractivity contribution in [3.63, 3.8) is 0 Å². The largest absolute Gasteiger partial charge is 0.478 e. The van der Waals surface area contributed by atoms with E-state index in [9.17, 15) is 9.90 Å². The smallest absolute Gasteiger partial charge is 0.339 e. The number of nitrogens with one attached hydrogen (secondary N) is 1. The average Bonchev–Trinajstić information content (AvgIpc) is 2.78. The molecule has 0 aliphatic carbocycles. The Labute approximate surface area is 120 Å². The molecule has 6 nitrogen and oxygen atoms in total. The standard InChI is InChI=1S/C15H12N4O2/c20-15(21)13-10-19(12-6-2-1-3-7-12)18-14(13)11-5-4-8-16-17-9-11/h1-10,16H,(H,20,21).